The molecule has 0 fully saturated rings. The molecule has 0 saturated carbocycles. The van der Waals surface area contributed by atoms with Crippen LogP contribution in [0, 0.1) is 6.92 Å². The molecular weight excluding hydrogens is 270 g/mol. The van der Waals surface area contributed by atoms with Crippen LogP contribution in [0.4, 0.5) is 0 Å². The Morgan fingerprint density at radius 2 is 2.20 bits per heavy atom. The molecule has 0 radical (unpaired) electrons. The van der Waals surface area contributed by atoms with E-state index in [9.17, 15) is 0 Å². The van der Waals surface area contributed by atoms with Gasteiger partial charge in [-0.15, -0.1) is 11.3 Å². The molecular formula is C12H14BrNS. The van der Waals surface area contributed by atoms with Gasteiger partial charge < -0.3 is 5.32 Å². The largest absolute Gasteiger partial charge is 0.312 e. The third-order valence-corrected chi connectivity index (χ3v) is 4.30. The highest BCUT2D eigenvalue weighted by Crippen LogP contribution is 2.32. The van der Waals surface area contributed by atoms with Crippen LogP contribution in [0.25, 0.3) is 10.1 Å². The van der Waals surface area contributed by atoms with Crippen LogP contribution in [-0.4, -0.2) is 6.54 Å². The average molecular weight is 284 g/mol. The number of halogens is 1. The average Bonchev–Trinajstić information content (AvgIpc) is 2.53. The van der Waals surface area contributed by atoms with Gasteiger partial charge in [0.1, 0.15) is 0 Å². The van der Waals surface area contributed by atoms with Crippen molar-refractivity contribution in [3.63, 3.8) is 0 Å². The Morgan fingerprint density at radius 3 is 2.93 bits per heavy atom. The lowest BCUT2D eigenvalue weighted by atomic mass is 10.1. The van der Waals surface area contributed by atoms with Crippen molar-refractivity contribution in [1.29, 1.82) is 0 Å². The second-order valence-electron chi connectivity index (χ2n) is 3.57. The molecule has 1 aromatic heterocycles. The van der Waals surface area contributed by atoms with Gasteiger partial charge in [-0.25, -0.2) is 0 Å². The van der Waals surface area contributed by atoms with E-state index < -0.39 is 0 Å². The van der Waals surface area contributed by atoms with Gasteiger partial charge in [0.25, 0.3) is 0 Å². The Balaban J connectivity index is 2.45. The van der Waals surface area contributed by atoms with E-state index in [0.717, 1.165) is 17.6 Å². The number of aryl methyl sites for hydroxylation is 1. The molecule has 0 bridgehead atoms. The minimum atomic E-state index is 0.985. The van der Waals surface area contributed by atoms with Crippen LogP contribution in [0.15, 0.2) is 22.7 Å². The first-order valence-corrected chi connectivity index (χ1v) is 6.71. The molecule has 1 aromatic carbocycles. The van der Waals surface area contributed by atoms with Crippen molar-refractivity contribution in [1.82, 2.24) is 5.32 Å². The van der Waals surface area contributed by atoms with E-state index in [2.05, 4.69) is 53.3 Å². The first-order valence-electron chi connectivity index (χ1n) is 5.10. The van der Waals surface area contributed by atoms with Gasteiger partial charge >= 0.3 is 0 Å². The van der Waals surface area contributed by atoms with Gasteiger partial charge in [0, 0.05) is 20.6 Å². The molecule has 15 heavy (non-hydrogen) atoms. The Labute approximate surface area is 103 Å². The fourth-order valence-electron chi connectivity index (χ4n) is 1.65. The van der Waals surface area contributed by atoms with E-state index in [1.807, 2.05) is 11.3 Å². The minimum absolute atomic E-state index is 0.985. The topological polar surface area (TPSA) is 12.0 Å². The van der Waals surface area contributed by atoms with Gasteiger partial charge in [-0.05, 0) is 42.6 Å². The van der Waals surface area contributed by atoms with Crippen LogP contribution < -0.4 is 5.32 Å². The number of benzene rings is 1. The lowest BCUT2D eigenvalue weighted by molar-refractivity contribution is 0.733. The van der Waals surface area contributed by atoms with Crippen LogP contribution in [0.3, 0.4) is 0 Å². The van der Waals surface area contributed by atoms with Crippen LogP contribution >= 0.6 is 27.3 Å². The van der Waals surface area contributed by atoms with E-state index >= 15 is 0 Å². The third kappa shape index (κ3) is 2.25. The van der Waals surface area contributed by atoms with E-state index in [4.69, 9.17) is 0 Å². The van der Waals surface area contributed by atoms with Crippen LogP contribution in [0.1, 0.15) is 17.4 Å². The molecule has 0 aliphatic carbocycles. The van der Waals surface area contributed by atoms with Crippen LogP contribution in [0.2, 0.25) is 0 Å². The zero-order valence-corrected chi connectivity index (χ0v) is 11.3. The van der Waals surface area contributed by atoms with E-state index in [1.54, 1.807) is 0 Å². The second-order valence-corrected chi connectivity index (χ2v) is 5.62. The SMILES string of the molecule is CCNCc1sc2ccc(Br)cc2c1C. The van der Waals surface area contributed by atoms with Gasteiger partial charge in [0.15, 0.2) is 0 Å². The predicted molar refractivity (Wildman–Crippen MR) is 71.6 cm³/mol. The van der Waals surface area contributed by atoms with Crippen molar-refractivity contribution in [3.05, 3.63) is 33.1 Å². The highest BCUT2D eigenvalue weighted by molar-refractivity contribution is 9.10. The molecule has 0 aliphatic heterocycles. The molecule has 2 rings (SSSR count). The predicted octanol–water partition coefficient (Wildman–Crippen LogP) is 4.08. The Morgan fingerprint density at radius 1 is 1.40 bits per heavy atom. The summed E-state index contributed by atoms with van der Waals surface area (Å²) in [6.45, 7) is 6.36. The highest BCUT2D eigenvalue weighted by Gasteiger charge is 2.07. The van der Waals surface area contributed by atoms with E-state index in [1.165, 1.54) is 20.5 Å². The maximum Gasteiger partial charge on any atom is 0.0349 e. The van der Waals surface area contributed by atoms with Gasteiger partial charge in [-0.1, -0.05) is 22.9 Å². The monoisotopic (exact) mass is 283 g/mol. The summed E-state index contributed by atoms with van der Waals surface area (Å²) in [5.74, 6) is 0. The Bertz CT molecular complexity index is 476. The molecule has 1 nitrogen and oxygen atoms in total. The van der Waals surface area contributed by atoms with Crippen LogP contribution in [-0.2, 0) is 6.54 Å². The maximum absolute atomic E-state index is 3.52. The van der Waals surface area contributed by atoms with Gasteiger partial charge in [0.2, 0.25) is 0 Å². The third-order valence-electron chi connectivity index (χ3n) is 2.53. The number of fused-ring (bicyclic) bond motifs is 1. The molecule has 0 saturated heterocycles. The minimum Gasteiger partial charge on any atom is -0.312 e. The standard InChI is InChI=1S/C12H14BrNS/c1-3-14-7-12-8(2)10-6-9(13)4-5-11(10)15-12/h4-6,14H,3,7H2,1-2H3. The Kier molecular flexibility index (Phi) is 3.44. The summed E-state index contributed by atoms with van der Waals surface area (Å²) in [5, 5.41) is 4.76. The van der Waals surface area contributed by atoms with Gasteiger partial charge in [-0.2, -0.15) is 0 Å². The zero-order chi connectivity index (χ0) is 10.8. The summed E-state index contributed by atoms with van der Waals surface area (Å²) in [6, 6.07) is 6.50. The molecule has 0 aliphatic rings. The number of hydrogen-bond donors (Lipinski definition) is 1. The number of thiophene rings is 1. The Hall–Kier alpha value is -0.380. The van der Waals surface area contributed by atoms with Crippen molar-refractivity contribution in [2.24, 2.45) is 0 Å². The molecule has 80 valence electrons. The number of rotatable bonds is 3. The van der Waals surface area contributed by atoms with Gasteiger partial charge in [0.05, 0.1) is 0 Å². The summed E-state index contributed by atoms with van der Waals surface area (Å²) < 4.78 is 2.54. The normalized spacial score (nSPS) is 11.1. The fraction of sp³-hybridized carbons (Fsp3) is 0.333. The molecule has 0 spiro atoms. The first-order chi connectivity index (χ1) is 7.22. The smallest absolute Gasteiger partial charge is 0.0349 e. The zero-order valence-electron chi connectivity index (χ0n) is 8.93. The van der Waals surface area contributed by atoms with Crippen molar-refractivity contribution in [3.8, 4) is 0 Å². The van der Waals surface area contributed by atoms with Crippen molar-refractivity contribution >= 4 is 37.4 Å². The lowest BCUT2D eigenvalue weighted by Crippen LogP contribution is -2.11. The van der Waals surface area contributed by atoms with Crippen molar-refractivity contribution < 1.29 is 0 Å². The molecule has 3 heteroatoms. The quantitative estimate of drug-likeness (QED) is 0.895. The molecule has 2 aromatic rings. The summed E-state index contributed by atoms with van der Waals surface area (Å²) in [5.41, 5.74) is 1.41. The van der Waals surface area contributed by atoms with Crippen molar-refractivity contribution in [2.45, 2.75) is 20.4 Å². The number of nitrogens with one attached hydrogen (secondary N) is 1. The highest BCUT2D eigenvalue weighted by atomic mass is 79.9. The summed E-state index contributed by atoms with van der Waals surface area (Å²) in [7, 11) is 0. The van der Waals surface area contributed by atoms with Crippen LogP contribution in [0.5, 0.6) is 0 Å². The van der Waals surface area contributed by atoms with E-state index in [-0.39, 0.29) is 0 Å². The summed E-state index contributed by atoms with van der Waals surface area (Å²) >= 11 is 5.41. The fourth-order valence-corrected chi connectivity index (χ4v) is 3.17. The molecule has 1 N–H and O–H groups in total. The molecule has 0 unspecified atom stereocenters. The first kappa shape index (κ1) is 11.1. The summed E-state index contributed by atoms with van der Waals surface area (Å²) in [6.07, 6.45) is 0. The lowest BCUT2D eigenvalue weighted by Gasteiger charge is -1.99. The summed E-state index contributed by atoms with van der Waals surface area (Å²) in [4.78, 5) is 1.45. The van der Waals surface area contributed by atoms with Gasteiger partial charge in [-0.3, -0.25) is 0 Å². The number of hydrogen-bond acceptors (Lipinski definition) is 2. The molecule has 0 atom stereocenters. The molecule has 0 amide bonds. The maximum atomic E-state index is 3.52. The second kappa shape index (κ2) is 4.64. The molecule has 1 heterocycles. The van der Waals surface area contributed by atoms with Crippen molar-refractivity contribution in [2.75, 3.05) is 6.54 Å². The van der Waals surface area contributed by atoms with E-state index in [0.29, 0.717) is 0 Å².